The van der Waals surface area contributed by atoms with Gasteiger partial charge >= 0.3 is 0 Å². The molecule has 1 aromatic rings. The standard InChI is InChI=1S/C17H26N2O/c1-2-6-15-12-19(10-5-9-18-15)11-14-13-20-17-8-4-3-7-16(14)17/h3-4,7-8,14-15,18H,2,5-6,9-13H2,1H3. The maximum absolute atomic E-state index is 5.82. The fourth-order valence-corrected chi connectivity index (χ4v) is 3.48. The van der Waals surface area contributed by atoms with Gasteiger partial charge in [0.25, 0.3) is 0 Å². The SMILES string of the molecule is CCCC1CN(CC2COc3ccccc32)CCCN1. The van der Waals surface area contributed by atoms with Crippen molar-refractivity contribution in [2.24, 2.45) is 0 Å². The van der Waals surface area contributed by atoms with Gasteiger partial charge in [-0.2, -0.15) is 0 Å². The minimum absolute atomic E-state index is 0.548. The van der Waals surface area contributed by atoms with Crippen LogP contribution in [0, 0.1) is 0 Å². The summed E-state index contributed by atoms with van der Waals surface area (Å²) in [5, 5.41) is 3.68. The summed E-state index contributed by atoms with van der Waals surface area (Å²) in [5.74, 6) is 1.64. The zero-order chi connectivity index (χ0) is 13.8. The first kappa shape index (κ1) is 13.9. The molecule has 3 nitrogen and oxygen atoms in total. The van der Waals surface area contributed by atoms with Crippen molar-refractivity contribution in [2.45, 2.75) is 38.1 Å². The predicted octanol–water partition coefficient (Wildman–Crippen LogP) is 2.63. The predicted molar refractivity (Wildman–Crippen MR) is 82.4 cm³/mol. The molecule has 1 fully saturated rings. The van der Waals surface area contributed by atoms with Gasteiger partial charge in [0.2, 0.25) is 0 Å². The van der Waals surface area contributed by atoms with Gasteiger partial charge in [0.05, 0.1) is 6.61 Å². The van der Waals surface area contributed by atoms with Crippen molar-refractivity contribution in [3.8, 4) is 5.75 Å². The lowest BCUT2D eigenvalue weighted by molar-refractivity contribution is 0.226. The molecule has 3 heteroatoms. The Morgan fingerprint density at radius 2 is 2.25 bits per heavy atom. The number of ether oxygens (including phenoxy) is 1. The largest absolute Gasteiger partial charge is 0.493 e. The Balaban J connectivity index is 1.62. The summed E-state index contributed by atoms with van der Waals surface area (Å²) in [7, 11) is 0. The lowest BCUT2D eigenvalue weighted by Gasteiger charge is -2.26. The number of fused-ring (bicyclic) bond motifs is 1. The Morgan fingerprint density at radius 1 is 1.35 bits per heavy atom. The van der Waals surface area contributed by atoms with E-state index in [1.165, 1.54) is 44.5 Å². The second-order valence-electron chi connectivity index (χ2n) is 6.10. The smallest absolute Gasteiger partial charge is 0.122 e. The number of hydrogen-bond acceptors (Lipinski definition) is 3. The van der Waals surface area contributed by atoms with Crippen molar-refractivity contribution in [3.63, 3.8) is 0 Å². The van der Waals surface area contributed by atoms with Crippen LogP contribution in [-0.4, -0.2) is 43.7 Å². The van der Waals surface area contributed by atoms with E-state index in [9.17, 15) is 0 Å². The summed E-state index contributed by atoms with van der Waals surface area (Å²) < 4.78 is 5.82. The molecule has 1 aromatic carbocycles. The topological polar surface area (TPSA) is 24.5 Å². The van der Waals surface area contributed by atoms with Gasteiger partial charge in [0, 0.05) is 30.6 Å². The maximum atomic E-state index is 5.82. The third kappa shape index (κ3) is 3.15. The van der Waals surface area contributed by atoms with E-state index in [0.717, 1.165) is 18.9 Å². The fraction of sp³-hybridized carbons (Fsp3) is 0.647. The van der Waals surface area contributed by atoms with Crippen LogP contribution in [0.2, 0.25) is 0 Å². The highest BCUT2D eigenvalue weighted by Gasteiger charge is 2.27. The van der Waals surface area contributed by atoms with Crippen LogP contribution >= 0.6 is 0 Å². The van der Waals surface area contributed by atoms with Gasteiger partial charge in [-0.3, -0.25) is 0 Å². The number of rotatable bonds is 4. The molecule has 0 saturated carbocycles. The van der Waals surface area contributed by atoms with Gasteiger partial charge in [0.1, 0.15) is 5.75 Å². The quantitative estimate of drug-likeness (QED) is 0.913. The van der Waals surface area contributed by atoms with Gasteiger partial charge in [-0.05, 0) is 32.0 Å². The second-order valence-corrected chi connectivity index (χ2v) is 6.10. The zero-order valence-corrected chi connectivity index (χ0v) is 12.5. The Kier molecular flexibility index (Phi) is 4.58. The highest BCUT2D eigenvalue weighted by atomic mass is 16.5. The van der Waals surface area contributed by atoms with Gasteiger partial charge in [0.15, 0.2) is 0 Å². The molecule has 2 heterocycles. The van der Waals surface area contributed by atoms with Crippen LogP contribution in [-0.2, 0) is 0 Å². The maximum Gasteiger partial charge on any atom is 0.122 e. The van der Waals surface area contributed by atoms with Crippen molar-refractivity contribution >= 4 is 0 Å². The highest BCUT2D eigenvalue weighted by Crippen LogP contribution is 2.34. The summed E-state index contributed by atoms with van der Waals surface area (Å²) >= 11 is 0. The Hall–Kier alpha value is -1.06. The van der Waals surface area contributed by atoms with Crippen LogP contribution in [0.25, 0.3) is 0 Å². The Bertz CT molecular complexity index is 435. The van der Waals surface area contributed by atoms with Crippen LogP contribution in [0.15, 0.2) is 24.3 Å². The normalized spacial score (nSPS) is 26.9. The van der Waals surface area contributed by atoms with Gasteiger partial charge in [-0.1, -0.05) is 31.5 Å². The Labute approximate surface area is 122 Å². The third-order valence-corrected chi connectivity index (χ3v) is 4.48. The molecular weight excluding hydrogens is 248 g/mol. The summed E-state index contributed by atoms with van der Waals surface area (Å²) in [6.45, 7) is 7.83. The lowest BCUT2D eigenvalue weighted by Crippen LogP contribution is -2.39. The second kappa shape index (κ2) is 6.59. The van der Waals surface area contributed by atoms with Gasteiger partial charge in [-0.15, -0.1) is 0 Å². The van der Waals surface area contributed by atoms with E-state index >= 15 is 0 Å². The molecule has 0 spiro atoms. The molecule has 1 saturated heterocycles. The fourth-order valence-electron chi connectivity index (χ4n) is 3.48. The van der Waals surface area contributed by atoms with Crippen LogP contribution in [0.1, 0.15) is 37.7 Å². The van der Waals surface area contributed by atoms with Crippen molar-refractivity contribution in [3.05, 3.63) is 29.8 Å². The summed E-state index contributed by atoms with van der Waals surface area (Å²) in [5.41, 5.74) is 1.40. The molecule has 2 atom stereocenters. The molecule has 0 aromatic heterocycles. The molecule has 0 amide bonds. The summed E-state index contributed by atoms with van der Waals surface area (Å²) in [6.07, 6.45) is 3.81. The number of hydrogen-bond donors (Lipinski definition) is 1. The van der Waals surface area contributed by atoms with Crippen LogP contribution in [0.4, 0.5) is 0 Å². The van der Waals surface area contributed by atoms with E-state index in [1.54, 1.807) is 0 Å². The average molecular weight is 274 g/mol. The molecule has 0 radical (unpaired) electrons. The Morgan fingerprint density at radius 3 is 3.15 bits per heavy atom. The number of nitrogens with one attached hydrogen (secondary N) is 1. The van der Waals surface area contributed by atoms with E-state index < -0.39 is 0 Å². The highest BCUT2D eigenvalue weighted by molar-refractivity contribution is 5.39. The van der Waals surface area contributed by atoms with Crippen LogP contribution in [0.3, 0.4) is 0 Å². The number of nitrogens with zero attached hydrogens (tertiary/aromatic N) is 1. The molecule has 3 rings (SSSR count). The minimum atomic E-state index is 0.548. The summed E-state index contributed by atoms with van der Waals surface area (Å²) in [4.78, 5) is 2.64. The molecule has 0 aliphatic carbocycles. The molecular formula is C17H26N2O. The molecule has 2 unspecified atom stereocenters. The first-order valence-electron chi connectivity index (χ1n) is 8.04. The van der Waals surface area contributed by atoms with Crippen molar-refractivity contribution in [1.29, 1.82) is 0 Å². The average Bonchev–Trinajstić information content (AvgIpc) is 2.73. The molecule has 2 aliphatic rings. The summed E-state index contributed by atoms with van der Waals surface area (Å²) in [6, 6.07) is 9.19. The number of para-hydroxylation sites is 1. The van der Waals surface area contributed by atoms with Crippen molar-refractivity contribution in [1.82, 2.24) is 10.2 Å². The zero-order valence-electron chi connectivity index (χ0n) is 12.5. The molecule has 110 valence electrons. The van der Waals surface area contributed by atoms with E-state index in [1.807, 2.05) is 0 Å². The van der Waals surface area contributed by atoms with E-state index in [2.05, 4.69) is 41.4 Å². The van der Waals surface area contributed by atoms with E-state index in [-0.39, 0.29) is 0 Å². The molecule has 0 bridgehead atoms. The first-order valence-corrected chi connectivity index (χ1v) is 8.04. The van der Waals surface area contributed by atoms with Crippen molar-refractivity contribution < 1.29 is 4.74 Å². The van der Waals surface area contributed by atoms with E-state index in [4.69, 9.17) is 4.74 Å². The molecule has 1 N–H and O–H groups in total. The van der Waals surface area contributed by atoms with E-state index in [0.29, 0.717) is 12.0 Å². The van der Waals surface area contributed by atoms with Gasteiger partial charge < -0.3 is 15.0 Å². The van der Waals surface area contributed by atoms with Gasteiger partial charge in [-0.25, -0.2) is 0 Å². The number of benzene rings is 1. The third-order valence-electron chi connectivity index (χ3n) is 4.48. The van der Waals surface area contributed by atoms with Crippen LogP contribution in [0.5, 0.6) is 5.75 Å². The van der Waals surface area contributed by atoms with Crippen molar-refractivity contribution in [2.75, 3.05) is 32.8 Å². The molecule has 20 heavy (non-hydrogen) atoms. The van der Waals surface area contributed by atoms with Crippen LogP contribution < -0.4 is 10.1 Å². The minimum Gasteiger partial charge on any atom is -0.493 e. The lowest BCUT2D eigenvalue weighted by atomic mass is 10.0. The monoisotopic (exact) mass is 274 g/mol. The first-order chi connectivity index (χ1) is 9.86. The molecule has 2 aliphatic heterocycles.